The molecule has 2 unspecified atom stereocenters. The molecule has 0 radical (unpaired) electrons. The van der Waals surface area contributed by atoms with Crippen molar-refractivity contribution < 1.29 is 5.11 Å². The maximum atomic E-state index is 10.1. The molecule has 0 aliphatic heterocycles. The summed E-state index contributed by atoms with van der Waals surface area (Å²) in [7, 11) is 0. The summed E-state index contributed by atoms with van der Waals surface area (Å²) in [5, 5.41) is 10.1. The standard InChI is InChI=1S/C13H24O/c1-5-10(2)9-12(14)11-7-6-8-13(11,3)4/h11-12,14H,2,5-9H2,1,3-4H3. The zero-order chi connectivity index (χ0) is 10.8. The first-order chi connectivity index (χ1) is 6.47. The van der Waals surface area contributed by atoms with E-state index in [0.717, 1.165) is 12.8 Å². The van der Waals surface area contributed by atoms with Gasteiger partial charge in [-0.2, -0.15) is 0 Å². The van der Waals surface area contributed by atoms with E-state index in [-0.39, 0.29) is 6.10 Å². The Hall–Kier alpha value is -0.300. The molecule has 14 heavy (non-hydrogen) atoms. The highest BCUT2D eigenvalue weighted by atomic mass is 16.3. The highest BCUT2D eigenvalue weighted by molar-refractivity contribution is 4.99. The lowest BCUT2D eigenvalue weighted by Crippen LogP contribution is -2.29. The number of rotatable bonds is 4. The molecular formula is C13H24O. The van der Waals surface area contributed by atoms with Gasteiger partial charge in [-0.25, -0.2) is 0 Å². The molecule has 1 rings (SSSR count). The molecule has 1 nitrogen and oxygen atoms in total. The minimum absolute atomic E-state index is 0.167. The van der Waals surface area contributed by atoms with Crippen molar-refractivity contribution in [2.45, 2.75) is 59.0 Å². The first-order valence-corrected chi connectivity index (χ1v) is 5.82. The fourth-order valence-corrected chi connectivity index (χ4v) is 2.65. The van der Waals surface area contributed by atoms with Crippen molar-refractivity contribution >= 4 is 0 Å². The lowest BCUT2D eigenvalue weighted by Gasteiger charge is -2.31. The van der Waals surface area contributed by atoms with Crippen LogP contribution in [0.3, 0.4) is 0 Å². The Labute approximate surface area is 88.2 Å². The Bertz CT molecular complexity index is 205. The third-order valence-electron chi connectivity index (χ3n) is 3.80. The van der Waals surface area contributed by atoms with E-state index in [2.05, 4.69) is 27.4 Å². The Morgan fingerprint density at radius 1 is 1.57 bits per heavy atom. The van der Waals surface area contributed by atoms with Crippen LogP contribution in [0.25, 0.3) is 0 Å². The van der Waals surface area contributed by atoms with Crippen LogP contribution in [0, 0.1) is 11.3 Å². The summed E-state index contributed by atoms with van der Waals surface area (Å²) in [6.07, 6.45) is 5.33. The second kappa shape index (κ2) is 4.48. The van der Waals surface area contributed by atoms with Crippen LogP contribution in [0.15, 0.2) is 12.2 Å². The monoisotopic (exact) mass is 196 g/mol. The quantitative estimate of drug-likeness (QED) is 0.682. The largest absolute Gasteiger partial charge is 0.392 e. The molecule has 0 spiro atoms. The van der Waals surface area contributed by atoms with Gasteiger partial charge in [0.2, 0.25) is 0 Å². The van der Waals surface area contributed by atoms with Crippen molar-refractivity contribution in [3.8, 4) is 0 Å². The fourth-order valence-electron chi connectivity index (χ4n) is 2.65. The summed E-state index contributed by atoms with van der Waals surface area (Å²) >= 11 is 0. The molecule has 0 aromatic carbocycles. The zero-order valence-electron chi connectivity index (χ0n) is 9.84. The van der Waals surface area contributed by atoms with Crippen LogP contribution in [-0.2, 0) is 0 Å². The number of hydrogen-bond donors (Lipinski definition) is 1. The van der Waals surface area contributed by atoms with E-state index in [1.807, 2.05) is 0 Å². The molecular weight excluding hydrogens is 172 g/mol. The average Bonchev–Trinajstić information content (AvgIpc) is 2.45. The molecule has 82 valence electrons. The van der Waals surface area contributed by atoms with E-state index in [4.69, 9.17) is 0 Å². The van der Waals surface area contributed by atoms with Crippen LogP contribution < -0.4 is 0 Å². The Morgan fingerprint density at radius 2 is 2.21 bits per heavy atom. The molecule has 1 saturated carbocycles. The fraction of sp³-hybridized carbons (Fsp3) is 0.846. The molecule has 1 aliphatic carbocycles. The van der Waals surface area contributed by atoms with Crippen molar-refractivity contribution in [1.82, 2.24) is 0 Å². The van der Waals surface area contributed by atoms with E-state index in [0.29, 0.717) is 11.3 Å². The van der Waals surface area contributed by atoms with Gasteiger partial charge in [0.1, 0.15) is 0 Å². The van der Waals surface area contributed by atoms with Gasteiger partial charge in [-0.3, -0.25) is 0 Å². The van der Waals surface area contributed by atoms with Gasteiger partial charge in [0.25, 0.3) is 0 Å². The predicted octanol–water partition coefficient (Wildman–Crippen LogP) is 3.53. The Balaban J connectivity index is 2.52. The van der Waals surface area contributed by atoms with E-state index in [1.54, 1.807) is 0 Å². The van der Waals surface area contributed by atoms with Crippen molar-refractivity contribution in [2.24, 2.45) is 11.3 Å². The summed E-state index contributed by atoms with van der Waals surface area (Å²) in [6, 6.07) is 0. The summed E-state index contributed by atoms with van der Waals surface area (Å²) in [5.41, 5.74) is 1.51. The van der Waals surface area contributed by atoms with Crippen molar-refractivity contribution in [3.63, 3.8) is 0 Å². The minimum Gasteiger partial charge on any atom is -0.392 e. The van der Waals surface area contributed by atoms with Gasteiger partial charge in [0.15, 0.2) is 0 Å². The van der Waals surface area contributed by atoms with Gasteiger partial charge in [0, 0.05) is 0 Å². The van der Waals surface area contributed by atoms with Crippen LogP contribution in [0.4, 0.5) is 0 Å². The highest BCUT2D eigenvalue weighted by Crippen LogP contribution is 2.45. The molecule has 1 N–H and O–H groups in total. The molecule has 0 amide bonds. The first kappa shape index (κ1) is 11.8. The van der Waals surface area contributed by atoms with Gasteiger partial charge in [-0.05, 0) is 37.0 Å². The summed E-state index contributed by atoms with van der Waals surface area (Å²) in [4.78, 5) is 0. The normalized spacial score (nSPS) is 27.6. The third-order valence-corrected chi connectivity index (χ3v) is 3.80. The predicted molar refractivity (Wildman–Crippen MR) is 61.2 cm³/mol. The topological polar surface area (TPSA) is 20.2 Å². The van der Waals surface area contributed by atoms with Gasteiger partial charge in [-0.15, -0.1) is 0 Å². The van der Waals surface area contributed by atoms with Crippen LogP contribution in [0.5, 0.6) is 0 Å². The number of aliphatic hydroxyl groups excluding tert-OH is 1. The molecule has 1 aliphatic rings. The maximum Gasteiger partial charge on any atom is 0.0610 e. The van der Waals surface area contributed by atoms with E-state index in [1.165, 1.54) is 24.8 Å². The minimum atomic E-state index is -0.167. The van der Waals surface area contributed by atoms with Crippen LogP contribution in [0.1, 0.15) is 52.9 Å². The lowest BCUT2D eigenvalue weighted by atomic mass is 9.77. The second-order valence-electron chi connectivity index (χ2n) is 5.36. The SMILES string of the molecule is C=C(CC)CC(O)C1CCCC1(C)C. The molecule has 0 aromatic heterocycles. The molecule has 0 saturated heterocycles. The zero-order valence-corrected chi connectivity index (χ0v) is 9.84. The maximum absolute atomic E-state index is 10.1. The average molecular weight is 196 g/mol. The van der Waals surface area contributed by atoms with Crippen molar-refractivity contribution in [1.29, 1.82) is 0 Å². The third kappa shape index (κ3) is 2.60. The molecule has 1 fully saturated rings. The number of aliphatic hydroxyl groups is 1. The molecule has 2 atom stereocenters. The van der Waals surface area contributed by atoms with Crippen LogP contribution >= 0.6 is 0 Å². The van der Waals surface area contributed by atoms with E-state index in [9.17, 15) is 5.11 Å². The van der Waals surface area contributed by atoms with E-state index >= 15 is 0 Å². The molecule has 1 heteroatoms. The van der Waals surface area contributed by atoms with Crippen LogP contribution in [-0.4, -0.2) is 11.2 Å². The molecule has 0 heterocycles. The number of hydrogen-bond acceptors (Lipinski definition) is 1. The molecule has 0 aromatic rings. The van der Waals surface area contributed by atoms with Gasteiger partial charge >= 0.3 is 0 Å². The lowest BCUT2D eigenvalue weighted by molar-refractivity contribution is 0.0539. The van der Waals surface area contributed by atoms with Gasteiger partial charge in [-0.1, -0.05) is 39.3 Å². The van der Waals surface area contributed by atoms with E-state index < -0.39 is 0 Å². The Morgan fingerprint density at radius 3 is 2.64 bits per heavy atom. The highest BCUT2D eigenvalue weighted by Gasteiger charge is 2.38. The second-order valence-corrected chi connectivity index (χ2v) is 5.36. The van der Waals surface area contributed by atoms with Gasteiger partial charge in [0.05, 0.1) is 6.10 Å². The summed E-state index contributed by atoms with van der Waals surface area (Å²) < 4.78 is 0. The van der Waals surface area contributed by atoms with Crippen molar-refractivity contribution in [3.05, 3.63) is 12.2 Å². The smallest absolute Gasteiger partial charge is 0.0610 e. The Kier molecular flexibility index (Phi) is 3.77. The summed E-state index contributed by atoms with van der Waals surface area (Å²) in [5.74, 6) is 0.478. The molecule has 0 bridgehead atoms. The van der Waals surface area contributed by atoms with Crippen LogP contribution in [0.2, 0.25) is 0 Å². The van der Waals surface area contributed by atoms with Gasteiger partial charge < -0.3 is 5.11 Å². The first-order valence-electron chi connectivity index (χ1n) is 5.82. The van der Waals surface area contributed by atoms with Crippen molar-refractivity contribution in [2.75, 3.05) is 0 Å². The summed E-state index contributed by atoms with van der Waals surface area (Å²) in [6.45, 7) is 10.6.